The van der Waals surface area contributed by atoms with Crippen molar-refractivity contribution in [1.82, 2.24) is 0 Å². The molecule has 0 saturated carbocycles. The maximum absolute atomic E-state index is 13.4. The Morgan fingerprint density at radius 2 is 1.75 bits per heavy atom. The highest BCUT2D eigenvalue weighted by atomic mass is 16.5. The predicted molar refractivity (Wildman–Crippen MR) is 113 cm³/mol. The van der Waals surface area contributed by atoms with Crippen molar-refractivity contribution in [1.29, 1.82) is 5.26 Å². The zero-order valence-electron chi connectivity index (χ0n) is 18.5. The summed E-state index contributed by atoms with van der Waals surface area (Å²) < 4.78 is 11.8. The van der Waals surface area contributed by atoms with Gasteiger partial charge in [0.1, 0.15) is 17.4 Å². The number of ether oxygens (including phenoxy) is 2. The van der Waals surface area contributed by atoms with Gasteiger partial charge in [0, 0.05) is 12.7 Å². The average Bonchev–Trinajstić information content (AvgIpc) is 2.59. The zero-order valence-corrected chi connectivity index (χ0v) is 18.5. The van der Waals surface area contributed by atoms with Crippen molar-refractivity contribution >= 4 is 11.6 Å². The number of nitriles is 1. The summed E-state index contributed by atoms with van der Waals surface area (Å²) >= 11 is 0. The quantitative estimate of drug-likeness (QED) is 0.540. The maximum atomic E-state index is 13.4. The van der Waals surface area contributed by atoms with Crippen LogP contribution in [0.15, 0.2) is 18.2 Å². The van der Waals surface area contributed by atoms with Gasteiger partial charge in [0.15, 0.2) is 0 Å². The molecular formula is C23H36N2O3. The standard InChI is InChI=1S/C23H36N2O3/c1-8-11-27-23(13-16(2)3,14-17(4)5)22(26)25-21-10-9-20(28-18(6)7)12-19(21)15-24/h9-10,12,16-18H,8,11,13-14H2,1-7H3,(H,25,26). The normalized spacial score (nSPS) is 11.8. The fourth-order valence-electron chi connectivity index (χ4n) is 3.38. The van der Waals surface area contributed by atoms with Crippen LogP contribution >= 0.6 is 0 Å². The molecule has 0 aliphatic carbocycles. The van der Waals surface area contributed by atoms with E-state index >= 15 is 0 Å². The smallest absolute Gasteiger partial charge is 0.256 e. The number of benzene rings is 1. The number of rotatable bonds is 11. The topological polar surface area (TPSA) is 71.3 Å². The third-order valence-corrected chi connectivity index (χ3v) is 4.20. The molecule has 0 heterocycles. The molecule has 156 valence electrons. The zero-order chi connectivity index (χ0) is 21.3. The fourth-order valence-corrected chi connectivity index (χ4v) is 3.38. The monoisotopic (exact) mass is 388 g/mol. The maximum Gasteiger partial charge on any atom is 0.256 e. The molecule has 0 unspecified atom stereocenters. The number of amides is 1. The van der Waals surface area contributed by atoms with E-state index in [2.05, 4.69) is 39.1 Å². The third kappa shape index (κ3) is 7.16. The molecule has 1 aromatic rings. The van der Waals surface area contributed by atoms with Crippen LogP contribution in [0.1, 0.15) is 73.3 Å². The van der Waals surface area contributed by atoms with Crippen molar-refractivity contribution in [3.8, 4) is 11.8 Å². The van der Waals surface area contributed by atoms with Gasteiger partial charge < -0.3 is 14.8 Å². The summed E-state index contributed by atoms with van der Waals surface area (Å²) in [6, 6.07) is 7.32. The minimum absolute atomic E-state index is 0.0131. The number of hydrogen-bond donors (Lipinski definition) is 1. The van der Waals surface area contributed by atoms with Crippen LogP contribution in [0.2, 0.25) is 0 Å². The summed E-state index contributed by atoms with van der Waals surface area (Å²) in [4.78, 5) is 13.4. The summed E-state index contributed by atoms with van der Waals surface area (Å²) in [6.45, 7) is 14.8. The number of nitrogens with zero attached hydrogens (tertiary/aromatic N) is 1. The lowest BCUT2D eigenvalue weighted by Crippen LogP contribution is -2.48. The van der Waals surface area contributed by atoms with Gasteiger partial charge in [0.2, 0.25) is 0 Å². The van der Waals surface area contributed by atoms with E-state index in [1.54, 1.807) is 18.2 Å². The molecule has 0 radical (unpaired) electrons. The van der Waals surface area contributed by atoms with E-state index in [0.29, 0.717) is 48.3 Å². The SMILES string of the molecule is CCCOC(CC(C)C)(CC(C)C)C(=O)Nc1ccc(OC(C)C)cc1C#N. The van der Waals surface area contributed by atoms with E-state index in [4.69, 9.17) is 9.47 Å². The lowest BCUT2D eigenvalue weighted by molar-refractivity contribution is -0.147. The van der Waals surface area contributed by atoms with Gasteiger partial charge in [-0.3, -0.25) is 4.79 Å². The Kier molecular flexibility index (Phi) is 9.48. The first-order chi connectivity index (χ1) is 13.1. The summed E-state index contributed by atoms with van der Waals surface area (Å²) in [5, 5.41) is 12.5. The molecule has 5 nitrogen and oxygen atoms in total. The number of anilines is 1. The summed E-state index contributed by atoms with van der Waals surface area (Å²) in [5.74, 6) is 1.04. The Bertz CT molecular complexity index is 665. The van der Waals surface area contributed by atoms with Gasteiger partial charge in [-0.05, 0) is 57.1 Å². The van der Waals surface area contributed by atoms with Crippen LogP contribution in [0, 0.1) is 23.2 Å². The van der Waals surface area contributed by atoms with Gasteiger partial charge in [-0.25, -0.2) is 0 Å². The largest absolute Gasteiger partial charge is 0.491 e. The second kappa shape index (κ2) is 11.1. The highest BCUT2D eigenvalue weighted by Crippen LogP contribution is 2.32. The van der Waals surface area contributed by atoms with E-state index in [1.807, 2.05) is 20.8 Å². The van der Waals surface area contributed by atoms with Gasteiger partial charge in [-0.2, -0.15) is 5.26 Å². The highest BCUT2D eigenvalue weighted by Gasteiger charge is 2.40. The summed E-state index contributed by atoms with van der Waals surface area (Å²) in [5.41, 5.74) is -0.0383. The summed E-state index contributed by atoms with van der Waals surface area (Å²) in [7, 11) is 0. The molecule has 1 N–H and O–H groups in total. The minimum atomic E-state index is -0.905. The molecule has 0 aromatic heterocycles. The van der Waals surface area contributed by atoms with Crippen LogP contribution < -0.4 is 10.1 Å². The van der Waals surface area contributed by atoms with Crippen LogP contribution in [0.5, 0.6) is 5.75 Å². The van der Waals surface area contributed by atoms with Gasteiger partial charge in [-0.15, -0.1) is 0 Å². The Labute approximate surface area is 170 Å². The lowest BCUT2D eigenvalue weighted by atomic mass is 9.83. The molecule has 0 aliphatic rings. The van der Waals surface area contributed by atoms with Crippen LogP contribution in [-0.4, -0.2) is 24.2 Å². The number of nitrogens with one attached hydrogen (secondary N) is 1. The Morgan fingerprint density at radius 3 is 2.21 bits per heavy atom. The molecule has 0 bridgehead atoms. The van der Waals surface area contributed by atoms with E-state index in [9.17, 15) is 10.1 Å². The lowest BCUT2D eigenvalue weighted by Gasteiger charge is -2.35. The van der Waals surface area contributed by atoms with Crippen molar-refractivity contribution in [2.75, 3.05) is 11.9 Å². The molecule has 0 fully saturated rings. The average molecular weight is 389 g/mol. The van der Waals surface area contributed by atoms with Crippen LogP contribution in [0.4, 0.5) is 5.69 Å². The van der Waals surface area contributed by atoms with E-state index in [-0.39, 0.29) is 12.0 Å². The number of carbonyl (C=O) groups excluding carboxylic acids is 1. The first kappa shape index (κ1) is 24.0. The predicted octanol–water partition coefficient (Wildman–Crippen LogP) is 5.54. The molecule has 1 rings (SSSR count). The number of hydrogen-bond acceptors (Lipinski definition) is 4. The number of carbonyl (C=O) groups is 1. The molecule has 1 amide bonds. The van der Waals surface area contributed by atoms with Crippen molar-refractivity contribution < 1.29 is 14.3 Å². The second-order valence-electron chi connectivity index (χ2n) is 8.48. The molecular weight excluding hydrogens is 352 g/mol. The molecule has 1 aromatic carbocycles. The van der Waals surface area contributed by atoms with Gasteiger partial charge >= 0.3 is 0 Å². The van der Waals surface area contributed by atoms with Crippen molar-refractivity contribution in [2.45, 2.75) is 79.4 Å². The van der Waals surface area contributed by atoms with Crippen LogP contribution in [-0.2, 0) is 9.53 Å². The Morgan fingerprint density at radius 1 is 1.14 bits per heavy atom. The first-order valence-corrected chi connectivity index (χ1v) is 10.3. The summed E-state index contributed by atoms with van der Waals surface area (Å²) in [6.07, 6.45) is 2.12. The van der Waals surface area contributed by atoms with Crippen molar-refractivity contribution in [2.24, 2.45) is 11.8 Å². The Balaban J connectivity index is 3.20. The third-order valence-electron chi connectivity index (χ3n) is 4.20. The van der Waals surface area contributed by atoms with E-state index in [1.165, 1.54) is 0 Å². The van der Waals surface area contributed by atoms with Gasteiger partial charge in [-0.1, -0.05) is 34.6 Å². The van der Waals surface area contributed by atoms with Gasteiger partial charge in [0.05, 0.1) is 17.4 Å². The Hall–Kier alpha value is -2.06. The molecule has 0 atom stereocenters. The second-order valence-corrected chi connectivity index (χ2v) is 8.48. The van der Waals surface area contributed by atoms with Crippen molar-refractivity contribution in [3.05, 3.63) is 23.8 Å². The minimum Gasteiger partial charge on any atom is -0.491 e. The van der Waals surface area contributed by atoms with Crippen LogP contribution in [0.3, 0.4) is 0 Å². The molecule has 0 spiro atoms. The van der Waals surface area contributed by atoms with Crippen molar-refractivity contribution in [3.63, 3.8) is 0 Å². The van der Waals surface area contributed by atoms with Crippen LogP contribution in [0.25, 0.3) is 0 Å². The molecule has 28 heavy (non-hydrogen) atoms. The highest BCUT2D eigenvalue weighted by molar-refractivity contribution is 5.98. The first-order valence-electron chi connectivity index (χ1n) is 10.3. The molecule has 5 heteroatoms. The van der Waals surface area contributed by atoms with E-state index < -0.39 is 5.60 Å². The fraction of sp³-hybridized carbons (Fsp3) is 0.652. The molecule has 0 aliphatic heterocycles. The van der Waals surface area contributed by atoms with Gasteiger partial charge in [0.25, 0.3) is 5.91 Å². The van der Waals surface area contributed by atoms with E-state index in [0.717, 1.165) is 6.42 Å². The molecule has 0 saturated heterocycles.